The maximum absolute atomic E-state index is 5.16. The molecule has 0 saturated heterocycles. The average molecular weight is 291 g/mol. The van der Waals surface area contributed by atoms with Gasteiger partial charge in [-0.2, -0.15) is 0 Å². The number of hydrogen-bond acceptors (Lipinski definition) is 2. The van der Waals surface area contributed by atoms with Crippen LogP contribution in [0.15, 0.2) is 29.3 Å². The highest BCUT2D eigenvalue weighted by Gasteiger charge is 2.00. The van der Waals surface area contributed by atoms with Crippen molar-refractivity contribution in [1.82, 2.24) is 10.6 Å². The van der Waals surface area contributed by atoms with Crippen LogP contribution in [-0.4, -0.2) is 26.7 Å². The van der Waals surface area contributed by atoms with Crippen LogP contribution in [0.5, 0.6) is 0 Å². The van der Waals surface area contributed by atoms with Crippen molar-refractivity contribution in [3.63, 3.8) is 0 Å². The second-order valence-corrected chi connectivity index (χ2v) is 5.64. The van der Waals surface area contributed by atoms with Crippen molar-refractivity contribution in [1.29, 1.82) is 0 Å². The smallest absolute Gasteiger partial charge is 0.191 e. The van der Waals surface area contributed by atoms with Crippen molar-refractivity contribution in [2.24, 2.45) is 10.9 Å². The number of methoxy groups -OCH3 is 1. The van der Waals surface area contributed by atoms with Crippen LogP contribution in [0.25, 0.3) is 0 Å². The molecule has 21 heavy (non-hydrogen) atoms. The lowest BCUT2D eigenvalue weighted by Gasteiger charge is -2.13. The van der Waals surface area contributed by atoms with Gasteiger partial charge in [-0.25, -0.2) is 0 Å². The first kappa shape index (κ1) is 17.5. The molecule has 1 aromatic rings. The van der Waals surface area contributed by atoms with Gasteiger partial charge in [-0.15, -0.1) is 0 Å². The fourth-order valence-electron chi connectivity index (χ4n) is 2.12. The normalized spacial score (nSPS) is 11.8. The van der Waals surface area contributed by atoms with E-state index in [1.165, 1.54) is 24.0 Å². The molecule has 1 aromatic carbocycles. The van der Waals surface area contributed by atoms with Gasteiger partial charge in [0.1, 0.15) is 0 Å². The van der Waals surface area contributed by atoms with Crippen LogP contribution in [0.4, 0.5) is 0 Å². The van der Waals surface area contributed by atoms with E-state index in [1.54, 1.807) is 14.2 Å². The molecule has 0 spiro atoms. The first-order valence-corrected chi connectivity index (χ1v) is 7.67. The molecular formula is C17H29N3O. The molecule has 0 atom stereocenters. The number of rotatable bonds is 8. The molecule has 0 saturated carbocycles. The van der Waals surface area contributed by atoms with Gasteiger partial charge in [0.25, 0.3) is 0 Å². The largest absolute Gasteiger partial charge is 0.380 e. The highest BCUT2D eigenvalue weighted by Crippen LogP contribution is 2.06. The third-order valence-corrected chi connectivity index (χ3v) is 3.24. The van der Waals surface area contributed by atoms with Crippen molar-refractivity contribution in [3.05, 3.63) is 35.4 Å². The van der Waals surface area contributed by atoms with Gasteiger partial charge in [0.15, 0.2) is 5.96 Å². The molecule has 118 valence electrons. The van der Waals surface area contributed by atoms with E-state index in [0.29, 0.717) is 6.61 Å². The monoisotopic (exact) mass is 291 g/mol. The molecule has 0 fully saturated rings. The zero-order valence-corrected chi connectivity index (χ0v) is 13.8. The lowest BCUT2D eigenvalue weighted by Crippen LogP contribution is -2.37. The molecule has 0 aliphatic heterocycles. The quantitative estimate of drug-likeness (QED) is 0.440. The standard InChI is InChI=1S/C17H29N3O/c1-14(2)7-6-10-19-17(18-3)20-12-15-8-5-9-16(11-15)13-21-4/h5,8-9,11,14H,6-7,10,12-13H2,1-4H3,(H2,18,19,20). The van der Waals surface area contributed by atoms with Gasteiger partial charge in [-0.1, -0.05) is 38.1 Å². The van der Waals surface area contributed by atoms with Crippen molar-refractivity contribution in [2.45, 2.75) is 39.8 Å². The summed E-state index contributed by atoms with van der Waals surface area (Å²) in [5, 5.41) is 6.69. The molecule has 0 radical (unpaired) electrons. The molecule has 0 amide bonds. The summed E-state index contributed by atoms with van der Waals surface area (Å²) in [5.41, 5.74) is 2.42. The molecule has 2 N–H and O–H groups in total. The molecule has 0 aromatic heterocycles. The fraction of sp³-hybridized carbons (Fsp3) is 0.588. The molecule has 0 heterocycles. The molecule has 0 aliphatic rings. The minimum Gasteiger partial charge on any atom is -0.380 e. The van der Waals surface area contributed by atoms with Crippen LogP contribution in [0.3, 0.4) is 0 Å². The van der Waals surface area contributed by atoms with E-state index >= 15 is 0 Å². The van der Waals surface area contributed by atoms with Crippen molar-refractivity contribution in [2.75, 3.05) is 20.7 Å². The Morgan fingerprint density at radius 1 is 1.24 bits per heavy atom. The Labute approximate surface area is 129 Å². The maximum Gasteiger partial charge on any atom is 0.191 e. The summed E-state index contributed by atoms with van der Waals surface area (Å²) in [6.07, 6.45) is 2.41. The predicted molar refractivity (Wildman–Crippen MR) is 89.4 cm³/mol. The van der Waals surface area contributed by atoms with Crippen LogP contribution in [0.1, 0.15) is 37.8 Å². The van der Waals surface area contributed by atoms with E-state index in [9.17, 15) is 0 Å². The van der Waals surface area contributed by atoms with Crippen molar-refractivity contribution < 1.29 is 4.74 Å². The molecular weight excluding hydrogens is 262 g/mol. The highest BCUT2D eigenvalue weighted by molar-refractivity contribution is 5.79. The van der Waals surface area contributed by atoms with Gasteiger partial charge < -0.3 is 15.4 Å². The van der Waals surface area contributed by atoms with Gasteiger partial charge in [-0.3, -0.25) is 4.99 Å². The Hall–Kier alpha value is -1.55. The molecule has 0 bridgehead atoms. The van der Waals surface area contributed by atoms with E-state index in [1.807, 2.05) is 0 Å². The average Bonchev–Trinajstić information content (AvgIpc) is 2.47. The third-order valence-electron chi connectivity index (χ3n) is 3.24. The van der Waals surface area contributed by atoms with Gasteiger partial charge in [0.2, 0.25) is 0 Å². The van der Waals surface area contributed by atoms with Gasteiger partial charge in [-0.05, 0) is 29.9 Å². The molecule has 1 rings (SSSR count). The van der Waals surface area contributed by atoms with E-state index in [0.717, 1.165) is 25.0 Å². The number of hydrogen-bond donors (Lipinski definition) is 2. The molecule has 0 unspecified atom stereocenters. The number of benzene rings is 1. The maximum atomic E-state index is 5.16. The Bertz CT molecular complexity index is 430. The minimum atomic E-state index is 0.649. The second-order valence-electron chi connectivity index (χ2n) is 5.64. The highest BCUT2D eigenvalue weighted by atomic mass is 16.5. The Balaban J connectivity index is 2.36. The summed E-state index contributed by atoms with van der Waals surface area (Å²) in [6, 6.07) is 8.40. The van der Waals surface area contributed by atoms with E-state index < -0.39 is 0 Å². The number of ether oxygens (including phenoxy) is 1. The topological polar surface area (TPSA) is 45.7 Å². The SMILES string of the molecule is CN=C(NCCCC(C)C)NCc1cccc(COC)c1. The summed E-state index contributed by atoms with van der Waals surface area (Å²) in [4.78, 5) is 4.25. The number of aliphatic imine (C=N–C) groups is 1. The molecule has 4 nitrogen and oxygen atoms in total. The number of guanidine groups is 1. The van der Waals surface area contributed by atoms with Crippen molar-refractivity contribution >= 4 is 5.96 Å². The Morgan fingerprint density at radius 2 is 2.00 bits per heavy atom. The third kappa shape index (κ3) is 7.71. The summed E-state index contributed by atoms with van der Waals surface area (Å²) in [7, 11) is 3.52. The number of nitrogens with one attached hydrogen (secondary N) is 2. The second kappa shape index (κ2) is 10.2. The predicted octanol–water partition coefficient (Wildman–Crippen LogP) is 2.93. The van der Waals surface area contributed by atoms with Crippen LogP contribution in [0.2, 0.25) is 0 Å². The fourth-order valence-corrected chi connectivity index (χ4v) is 2.12. The zero-order chi connectivity index (χ0) is 15.5. The lowest BCUT2D eigenvalue weighted by atomic mass is 10.1. The number of nitrogens with zero attached hydrogens (tertiary/aromatic N) is 1. The zero-order valence-electron chi connectivity index (χ0n) is 13.8. The van der Waals surface area contributed by atoms with Crippen LogP contribution in [0, 0.1) is 5.92 Å². The summed E-state index contributed by atoms with van der Waals surface area (Å²) in [6.45, 7) is 6.87. The minimum absolute atomic E-state index is 0.649. The van der Waals surface area contributed by atoms with Crippen LogP contribution >= 0.6 is 0 Å². The summed E-state index contributed by atoms with van der Waals surface area (Å²) >= 11 is 0. The lowest BCUT2D eigenvalue weighted by molar-refractivity contribution is 0.185. The van der Waals surface area contributed by atoms with Gasteiger partial charge >= 0.3 is 0 Å². The van der Waals surface area contributed by atoms with Crippen LogP contribution < -0.4 is 10.6 Å². The van der Waals surface area contributed by atoms with E-state index in [2.05, 4.69) is 53.7 Å². The van der Waals surface area contributed by atoms with Gasteiger partial charge in [0.05, 0.1) is 6.61 Å². The first-order valence-electron chi connectivity index (χ1n) is 7.67. The molecule has 4 heteroatoms. The van der Waals surface area contributed by atoms with Crippen LogP contribution in [-0.2, 0) is 17.9 Å². The Kier molecular flexibility index (Phi) is 8.51. The Morgan fingerprint density at radius 3 is 2.67 bits per heavy atom. The van der Waals surface area contributed by atoms with Gasteiger partial charge in [0, 0.05) is 27.2 Å². The summed E-state index contributed by atoms with van der Waals surface area (Å²) in [5.74, 6) is 1.61. The van der Waals surface area contributed by atoms with E-state index in [4.69, 9.17) is 4.74 Å². The summed E-state index contributed by atoms with van der Waals surface area (Å²) < 4.78 is 5.16. The van der Waals surface area contributed by atoms with Crippen molar-refractivity contribution in [3.8, 4) is 0 Å². The molecule has 0 aliphatic carbocycles. The van der Waals surface area contributed by atoms with E-state index in [-0.39, 0.29) is 0 Å². The first-order chi connectivity index (χ1) is 10.2.